The summed E-state index contributed by atoms with van der Waals surface area (Å²) in [5.74, 6) is -0.419. The second kappa shape index (κ2) is 55.9. The maximum absolute atomic E-state index is 10.5. The van der Waals surface area contributed by atoms with Crippen LogP contribution in [-0.2, 0) is 95.4 Å². The molecule has 0 aliphatic carbocycles. The molecule has 0 aliphatic rings. The summed E-state index contributed by atoms with van der Waals surface area (Å²) in [6.07, 6.45) is 0.180. The molecule has 0 rings (SSSR count). The van der Waals surface area contributed by atoms with Crippen LogP contribution in [0.5, 0.6) is 0 Å². The van der Waals surface area contributed by atoms with Crippen LogP contribution in [0, 0.1) is 0 Å². The monoisotopic (exact) mass is 908 g/mol. The Kier molecular flexibility index (Phi) is 57.6. The maximum atomic E-state index is 10.5. The van der Waals surface area contributed by atoms with Crippen LogP contribution < -0.4 is 18.9 Å². The van der Waals surface area contributed by atoms with Crippen LogP contribution in [0.3, 0.4) is 0 Å². The first kappa shape index (κ1) is 62.9. The third kappa shape index (κ3) is 61.9. The van der Waals surface area contributed by atoms with Crippen LogP contribution in [0.1, 0.15) is 6.42 Å². The Morgan fingerprint density at radius 3 is 0.525 bits per heavy atom. The standard InChI is InChI=1S/C38H78O21S.Li/c1-42-4-5-44-8-9-46-12-13-48-16-17-50-20-21-52-24-25-54-28-29-56-32-33-58-36-37-59-35-34-57-31-30-55-27-26-53-23-22-51-19-18-49-15-14-47-11-10-45-7-6-43-3-2-38-60(39,40)41;/h2-38H2,1H3,(H,39,40,41);/q;+1/p-1. The zero-order chi connectivity index (χ0) is 43.4. The van der Waals surface area contributed by atoms with E-state index in [4.69, 9.17) is 85.3 Å². The summed E-state index contributed by atoms with van der Waals surface area (Å²) in [5, 5.41) is 0. The summed E-state index contributed by atoms with van der Waals surface area (Å²) >= 11 is 0. The molecule has 0 bridgehead atoms. The number of ether oxygens (including phenoxy) is 18. The van der Waals surface area contributed by atoms with Gasteiger partial charge in [0.05, 0.1) is 235 Å². The van der Waals surface area contributed by atoms with Gasteiger partial charge in [-0.1, -0.05) is 0 Å². The van der Waals surface area contributed by atoms with Crippen molar-refractivity contribution < 1.29 is 117 Å². The Bertz CT molecular complexity index is 902. The average Bonchev–Trinajstić information content (AvgIpc) is 3.23. The summed E-state index contributed by atoms with van der Waals surface area (Å²) in [7, 11) is -2.54. The van der Waals surface area contributed by atoms with Crippen molar-refractivity contribution in [3.63, 3.8) is 0 Å². The van der Waals surface area contributed by atoms with Gasteiger partial charge >= 0.3 is 18.9 Å². The third-order valence-corrected chi connectivity index (χ3v) is 7.86. The molecule has 0 saturated carbocycles. The Morgan fingerprint density at radius 1 is 0.262 bits per heavy atom. The minimum absolute atomic E-state index is 0. The number of methoxy groups -OCH3 is 1. The van der Waals surface area contributed by atoms with Crippen molar-refractivity contribution in [2.45, 2.75) is 6.42 Å². The second-order valence-electron chi connectivity index (χ2n) is 12.0. The van der Waals surface area contributed by atoms with Gasteiger partial charge in [-0.25, -0.2) is 8.42 Å². The molecule has 0 aromatic carbocycles. The first-order valence-electron chi connectivity index (χ1n) is 20.8. The van der Waals surface area contributed by atoms with E-state index in [1.165, 1.54) is 0 Å². The van der Waals surface area contributed by atoms with Crippen LogP contribution in [0.15, 0.2) is 0 Å². The molecule has 21 nitrogen and oxygen atoms in total. The van der Waals surface area contributed by atoms with Crippen LogP contribution in [0.25, 0.3) is 0 Å². The van der Waals surface area contributed by atoms with E-state index < -0.39 is 15.9 Å². The number of rotatable bonds is 55. The average molecular weight is 909 g/mol. The molecule has 0 saturated heterocycles. The van der Waals surface area contributed by atoms with Crippen molar-refractivity contribution in [2.24, 2.45) is 0 Å². The molecule has 0 aliphatic heterocycles. The molecule has 362 valence electrons. The van der Waals surface area contributed by atoms with Crippen molar-refractivity contribution >= 4 is 10.1 Å². The second-order valence-corrected chi connectivity index (χ2v) is 13.5. The van der Waals surface area contributed by atoms with Gasteiger partial charge in [-0.15, -0.1) is 0 Å². The normalized spacial score (nSPS) is 11.8. The smallest absolute Gasteiger partial charge is 0.748 e. The molecule has 0 radical (unpaired) electrons. The molecule has 0 unspecified atom stereocenters. The largest absolute Gasteiger partial charge is 1.00 e. The molecule has 0 N–H and O–H groups in total. The first-order valence-corrected chi connectivity index (χ1v) is 22.4. The van der Waals surface area contributed by atoms with Gasteiger partial charge in [0.2, 0.25) is 0 Å². The predicted molar refractivity (Wildman–Crippen MR) is 215 cm³/mol. The summed E-state index contributed by atoms with van der Waals surface area (Å²) in [5.41, 5.74) is 0. The topological polar surface area (TPSA) is 223 Å². The van der Waals surface area contributed by atoms with E-state index in [1.54, 1.807) is 7.11 Å². The van der Waals surface area contributed by atoms with E-state index in [1.807, 2.05) is 0 Å². The minimum atomic E-state index is -4.18. The Balaban J connectivity index is 0. The molecule has 0 amide bonds. The van der Waals surface area contributed by atoms with Crippen molar-refractivity contribution in [1.29, 1.82) is 0 Å². The van der Waals surface area contributed by atoms with Crippen molar-refractivity contribution in [2.75, 3.05) is 244 Å². The van der Waals surface area contributed by atoms with Gasteiger partial charge < -0.3 is 89.8 Å². The molecule has 23 heteroatoms. The summed E-state index contributed by atoms with van der Waals surface area (Å²) < 4.78 is 129. The van der Waals surface area contributed by atoms with Crippen LogP contribution >= 0.6 is 0 Å². The van der Waals surface area contributed by atoms with Gasteiger partial charge in [0, 0.05) is 19.5 Å². The predicted octanol–water partition coefficient (Wildman–Crippen LogP) is -3.15. The molecule has 0 aromatic heterocycles. The van der Waals surface area contributed by atoms with Gasteiger partial charge in [-0.3, -0.25) is 0 Å². The van der Waals surface area contributed by atoms with E-state index in [2.05, 4.69) is 0 Å². The summed E-state index contributed by atoms with van der Waals surface area (Å²) in [6.45, 7) is 16.6. The maximum Gasteiger partial charge on any atom is 1.00 e. The van der Waals surface area contributed by atoms with Gasteiger partial charge in [-0.05, 0) is 6.42 Å². The SMILES string of the molecule is COCCOCCOCCOCCOCCOCCOCCOCCOCCOCCOCCOCCOCCOCCOCCOCCOCCOCCCS(=O)(=O)[O-].[Li+]. The van der Waals surface area contributed by atoms with Gasteiger partial charge in [-0.2, -0.15) is 0 Å². The Labute approximate surface area is 376 Å². The zero-order valence-corrected chi connectivity index (χ0v) is 38.0. The molecular formula is C38H77LiO21S. The molecule has 61 heavy (non-hydrogen) atoms. The fraction of sp³-hybridized carbons (Fsp3) is 1.00. The molecular weight excluding hydrogens is 831 g/mol. The quantitative estimate of drug-likeness (QED) is 0.0334. The van der Waals surface area contributed by atoms with E-state index in [-0.39, 0.29) is 31.9 Å². The molecule has 0 aromatic rings. The van der Waals surface area contributed by atoms with Gasteiger partial charge in [0.1, 0.15) is 0 Å². The number of hydrogen-bond acceptors (Lipinski definition) is 21. The molecule has 0 atom stereocenters. The molecule has 0 spiro atoms. The number of hydrogen-bond donors (Lipinski definition) is 0. The molecule has 0 heterocycles. The Hall–Kier alpha value is -0.213. The first-order chi connectivity index (χ1) is 29.6. The fourth-order valence-corrected chi connectivity index (χ4v) is 4.57. The summed E-state index contributed by atoms with van der Waals surface area (Å²) in [6, 6.07) is 0. The molecule has 0 fully saturated rings. The van der Waals surface area contributed by atoms with Gasteiger partial charge in [0.25, 0.3) is 0 Å². The van der Waals surface area contributed by atoms with Crippen LogP contribution in [-0.4, -0.2) is 257 Å². The third-order valence-electron chi connectivity index (χ3n) is 7.07. The van der Waals surface area contributed by atoms with Gasteiger partial charge in [0.15, 0.2) is 0 Å². The Morgan fingerprint density at radius 2 is 0.393 bits per heavy atom. The van der Waals surface area contributed by atoms with Crippen LogP contribution in [0.4, 0.5) is 0 Å². The van der Waals surface area contributed by atoms with E-state index >= 15 is 0 Å². The zero-order valence-electron chi connectivity index (χ0n) is 37.1. The summed E-state index contributed by atoms with van der Waals surface area (Å²) in [4.78, 5) is 0. The van der Waals surface area contributed by atoms with E-state index in [9.17, 15) is 13.0 Å². The van der Waals surface area contributed by atoms with Crippen molar-refractivity contribution in [1.82, 2.24) is 0 Å². The van der Waals surface area contributed by atoms with E-state index in [0.29, 0.717) is 225 Å². The van der Waals surface area contributed by atoms with Crippen LogP contribution in [0.2, 0.25) is 0 Å². The van der Waals surface area contributed by atoms with Crippen molar-refractivity contribution in [3.05, 3.63) is 0 Å². The van der Waals surface area contributed by atoms with Crippen molar-refractivity contribution in [3.8, 4) is 0 Å². The van der Waals surface area contributed by atoms with E-state index in [0.717, 1.165) is 0 Å². The minimum Gasteiger partial charge on any atom is -0.748 e. The fourth-order valence-electron chi connectivity index (χ4n) is 4.10.